The summed E-state index contributed by atoms with van der Waals surface area (Å²) in [5, 5.41) is 0. The largest absolute Gasteiger partial charge is 0.323 e. The second kappa shape index (κ2) is 7.99. The summed E-state index contributed by atoms with van der Waals surface area (Å²) in [6.07, 6.45) is 7.37. The van der Waals surface area contributed by atoms with Crippen LogP contribution in [0.5, 0.6) is 0 Å². The first-order valence-electron chi connectivity index (χ1n) is 9.99. The van der Waals surface area contributed by atoms with Crippen molar-refractivity contribution in [1.82, 2.24) is 9.97 Å². The summed E-state index contributed by atoms with van der Waals surface area (Å²) in [6, 6.07) is 14.0. The van der Waals surface area contributed by atoms with E-state index in [0.717, 1.165) is 17.5 Å². The van der Waals surface area contributed by atoms with Crippen molar-refractivity contribution in [2.24, 2.45) is 5.92 Å². The maximum absolute atomic E-state index is 13.2. The normalized spacial score (nSPS) is 15.1. The Hall–Kier alpha value is -2.67. The van der Waals surface area contributed by atoms with Crippen LogP contribution in [0.15, 0.2) is 53.4 Å². The molecule has 0 spiro atoms. The molecular formula is C22H25N3O3S. The summed E-state index contributed by atoms with van der Waals surface area (Å²) >= 11 is 0. The van der Waals surface area contributed by atoms with Crippen LogP contribution in [0.2, 0.25) is 0 Å². The van der Waals surface area contributed by atoms with Crippen LogP contribution < -0.4 is 4.90 Å². The number of anilines is 2. The highest BCUT2D eigenvalue weighted by molar-refractivity contribution is 7.90. The van der Waals surface area contributed by atoms with Crippen LogP contribution in [0.25, 0.3) is 11.0 Å². The molecule has 2 aromatic carbocycles. The summed E-state index contributed by atoms with van der Waals surface area (Å²) in [5.74, 6) is 1.03. The number of carbonyl (C=O) groups excluding carboxylic acids is 1. The molecule has 1 aliphatic carbocycles. The number of imidazole rings is 1. The highest BCUT2D eigenvalue weighted by atomic mass is 32.2. The molecule has 6 nitrogen and oxygen atoms in total. The molecule has 7 heteroatoms. The van der Waals surface area contributed by atoms with Crippen LogP contribution in [0.4, 0.5) is 11.6 Å². The number of hydrogen-bond acceptors (Lipinski definition) is 4. The lowest BCUT2D eigenvalue weighted by atomic mass is 10.0. The van der Waals surface area contributed by atoms with Crippen molar-refractivity contribution >= 4 is 38.4 Å². The van der Waals surface area contributed by atoms with E-state index in [-0.39, 0.29) is 10.8 Å². The molecule has 1 heterocycles. The maximum atomic E-state index is 13.2. The number of rotatable bonds is 6. The van der Waals surface area contributed by atoms with Crippen molar-refractivity contribution in [3.05, 3.63) is 48.5 Å². The zero-order valence-corrected chi connectivity index (χ0v) is 17.3. The number of fused-ring (bicyclic) bond motifs is 1. The Morgan fingerprint density at radius 1 is 1.10 bits per heavy atom. The SMILES string of the molecule is CS(=O)(=O)c1ccc(N(C(=O)CCC2CCCC2)c2nc3ccccc3[nH]2)cc1. The monoisotopic (exact) mass is 411 g/mol. The Bertz CT molecular complexity index is 1080. The Morgan fingerprint density at radius 3 is 2.45 bits per heavy atom. The first-order chi connectivity index (χ1) is 13.9. The number of para-hydroxylation sites is 2. The Labute approximate surface area is 170 Å². The minimum absolute atomic E-state index is 0.0388. The molecule has 4 rings (SSSR count). The van der Waals surface area contributed by atoms with E-state index < -0.39 is 9.84 Å². The first kappa shape index (κ1) is 19.6. The Balaban J connectivity index is 1.66. The van der Waals surface area contributed by atoms with Gasteiger partial charge in [-0.3, -0.25) is 9.69 Å². The van der Waals surface area contributed by atoms with E-state index in [9.17, 15) is 13.2 Å². The number of nitrogens with zero attached hydrogens (tertiary/aromatic N) is 2. The number of hydrogen-bond donors (Lipinski definition) is 1. The van der Waals surface area contributed by atoms with Crippen LogP contribution in [0, 0.1) is 5.92 Å². The molecule has 1 fully saturated rings. The van der Waals surface area contributed by atoms with Gasteiger partial charge in [0, 0.05) is 12.7 Å². The van der Waals surface area contributed by atoms with Gasteiger partial charge in [0.05, 0.1) is 21.6 Å². The van der Waals surface area contributed by atoms with Gasteiger partial charge in [-0.2, -0.15) is 0 Å². The fourth-order valence-electron chi connectivity index (χ4n) is 4.01. The van der Waals surface area contributed by atoms with Crippen molar-refractivity contribution in [3.8, 4) is 0 Å². The van der Waals surface area contributed by atoms with E-state index >= 15 is 0 Å². The number of benzene rings is 2. The second-order valence-electron chi connectivity index (χ2n) is 7.76. The van der Waals surface area contributed by atoms with Crippen LogP contribution in [-0.4, -0.2) is 30.5 Å². The first-order valence-corrected chi connectivity index (χ1v) is 11.9. The van der Waals surface area contributed by atoms with E-state index in [1.54, 1.807) is 17.0 Å². The molecule has 1 amide bonds. The Kier molecular flexibility index (Phi) is 5.41. The fourth-order valence-corrected chi connectivity index (χ4v) is 4.64. The van der Waals surface area contributed by atoms with Gasteiger partial charge in [0.25, 0.3) is 0 Å². The smallest absolute Gasteiger partial charge is 0.233 e. The highest BCUT2D eigenvalue weighted by Crippen LogP contribution is 2.31. The van der Waals surface area contributed by atoms with E-state index in [1.807, 2.05) is 24.3 Å². The van der Waals surface area contributed by atoms with Gasteiger partial charge in [-0.15, -0.1) is 0 Å². The van der Waals surface area contributed by atoms with Gasteiger partial charge >= 0.3 is 0 Å². The molecule has 0 bridgehead atoms. The number of H-pyrrole nitrogens is 1. The lowest BCUT2D eigenvalue weighted by Crippen LogP contribution is -2.27. The predicted octanol–water partition coefficient (Wildman–Crippen LogP) is 4.60. The predicted molar refractivity (Wildman–Crippen MR) is 114 cm³/mol. The highest BCUT2D eigenvalue weighted by Gasteiger charge is 2.24. The lowest BCUT2D eigenvalue weighted by Gasteiger charge is -2.21. The lowest BCUT2D eigenvalue weighted by molar-refractivity contribution is -0.118. The van der Waals surface area contributed by atoms with Crippen LogP contribution in [-0.2, 0) is 14.6 Å². The van der Waals surface area contributed by atoms with Crippen LogP contribution >= 0.6 is 0 Å². The molecular weight excluding hydrogens is 386 g/mol. The molecule has 0 atom stereocenters. The molecule has 3 aromatic rings. The van der Waals surface area contributed by atoms with Gasteiger partial charge < -0.3 is 4.98 Å². The van der Waals surface area contributed by atoms with Crippen molar-refractivity contribution in [3.63, 3.8) is 0 Å². The summed E-state index contributed by atoms with van der Waals surface area (Å²) in [6.45, 7) is 0. The number of carbonyl (C=O) groups is 1. The van der Waals surface area contributed by atoms with Crippen molar-refractivity contribution in [2.45, 2.75) is 43.4 Å². The molecule has 1 aromatic heterocycles. The van der Waals surface area contributed by atoms with Gasteiger partial charge in [-0.05, 0) is 48.7 Å². The van der Waals surface area contributed by atoms with E-state index in [4.69, 9.17) is 0 Å². The summed E-state index contributed by atoms with van der Waals surface area (Å²) < 4.78 is 23.6. The molecule has 29 heavy (non-hydrogen) atoms. The number of aromatic nitrogens is 2. The number of amides is 1. The minimum atomic E-state index is -3.30. The topological polar surface area (TPSA) is 83.1 Å². The van der Waals surface area contributed by atoms with Gasteiger partial charge in [0.2, 0.25) is 11.9 Å². The molecule has 0 unspecified atom stereocenters. The molecule has 1 N–H and O–H groups in total. The van der Waals surface area contributed by atoms with Crippen molar-refractivity contribution in [1.29, 1.82) is 0 Å². The molecule has 0 radical (unpaired) electrons. The van der Waals surface area contributed by atoms with Gasteiger partial charge in [0.1, 0.15) is 0 Å². The quantitative estimate of drug-likeness (QED) is 0.642. The van der Waals surface area contributed by atoms with Crippen LogP contribution in [0.1, 0.15) is 38.5 Å². The summed E-state index contributed by atoms with van der Waals surface area (Å²) in [5.41, 5.74) is 2.24. The molecule has 0 aliphatic heterocycles. The molecule has 1 aliphatic rings. The van der Waals surface area contributed by atoms with Crippen LogP contribution in [0.3, 0.4) is 0 Å². The van der Waals surface area contributed by atoms with E-state index in [0.29, 0.717) is 24.0 Å². The fraction of sp³-hybridized carbons (Fsp3) is 0.364. The third kappa shape index (κ3) is 4.34. The number of aromatic amines is 1. The zero-order valence-electron chi connectivity index (χ0n) is 16.5. The van der Waals surface area contributed by atoms with Gasteiger partial charge in [-0.1, -0.05) is 37.8 Å². The van der Waals surface area contributed by atoms with E-state index in [2.05, 4.69) is 9.97 Å². The molecule has 0 saturated heterocycles. The summed E-state index contributed by atoms with van der Waals surface area (Å²) in [4.78, 5) is 22.8. The van der Waals surface area contributed by atoms with E-state index in [1.165, 1.54) is 44.1 Å². The second-order valence-corrected chi connectivity index (χ2v) is 9.78. The molecule has 1 saturated carbocycles. The van der Waals surface area contributed by atoms with Crippen molar-refractivity contribution in [2.75, 3.05) is 11.2 Å². The zero-order chi connectivity index (χ0) is 20.4. The summed E-state index contributed by atoms with van der Waals surface area (Å²) in [7, 11) is -3.30. The average Bonchev–Trinajstić information content (AvgIpc) is 3.36. The number of sulfone groups is 1. The van der Waals surface area contributed by atoms with Crippen molar-refractivity contribution < 1.29 is 13.2 Å². The standard InChI is InChI=1S/C22H25N3O3S/c1-29(27,28)18-13-11-17(12-14-18)25(21(26)15-10-16-6-2-3-7-16)22-23-19-8-4-5-9-20(19)24-22/h4-5,8-9,11-14,16H,2-3,6-7,10,15H2,1H3,(H,23,24). The third-order valence-corrected chi connectivity index (χ3v) is 6.73. The minimum Gasteiger partial charge on any atom is -0.323 e. The Morgan fingerprint density at radius 2 is 1.79 bits per heavy atom. The average molecular weight is 412 g/mol. The molecule has 152 valence electrons. The maximum Gasteiger partial charge on any atom is 0.233 e. The number of nitrogens with one attached hydrogen (secondary N) is 1. The van der Waals surface area contributed by atoms with Gasteiger partial charge in [0.15, 0.2) is 9.84 Å². The third-order valence-electron chi connectivity index (χ3n) is 5.60. The van der Waals surface area contributed by atoms with Gasteiger partial charge in [-0.25, -0.2) is 13.4 Å².